The summed E-state index contributed by atoms with van der Waals surface area (Å²) in [6.45, 7) is 0.293. The molecule has 0 saturated heterocycles. The Morgan fingerprint density at radius 3 is 2.61 bits per heavy atom. The number of pyridine rings is 1. The highest BCUT2D eigenvalue weighted by Gasteiger charge is 2.22. The number of hydrogen-bond acceptors (Lipinski definition) is 5. The predicted molar refractivity (Wildman–Crippen MR) is 143 cm³/mol. The zero-order valence-corrected chi connectivity index (χ0v) is 20.3. The number of rotatable bonds is 10. The minimum atomic E-state index is -0.836. The maximum Gasteiger partial charge on any atom is 0.249 e. The van der Waals surface area contributed by atoms with Crippen LogP contribution in [0.25, 0.3) is 10.9 Å². The third-order valence-corrected chi connectivity index (χ3v) is 5.54. The summed E-state index contributed by atoms with van der Waals surface area (Å²) in [5.74, 6) is -0.753. The first-order valence-electron chi connectivity index (χ1n) is 11.2. The SMILES string of the molecule is Cl.N=C(N)c1cccc(NC(C(=O)NCC(=O)NCCc2c[nH]c3ccccc23)c2ccccn2)c1. The van der Waals surface area contributed by atoms with Gasteiger partial charge in [0.1, 0.15) is 11.9 Å². The number of amidine groups is 1. The summed E-state index contributed by atoms with van der Waals surface area (Å²) < 4.78 is 0. The zero-order chi connectivity index (χ0) is 24.6. The van der Waals surface area contributed by atoms with Crippen molar-refractivity contribution in [3.63, 3.8) is 0 Å². The molecule has 36 heavy (non-hydrogen) atoms. The molecule has 0 radical (unpaired) electrons. The van der Waals surface area contributed by atoms with E-state index in [0.29, 0.717) is 29.9 Å². The van der Waals surface area contributed by atoms with Crippen molar-refractivity contribution >= 4 is 46.6 Å². The molecule has 0 spiro atoms. The minimum absolute atomic E-state index is 0. The fourth-order valence-electron chi connectivity index (χ4n) is 3.77. The van der Waals surface area contributed by atoms with Crippen LogP contribution < -0.4 is 21.7 Å². The Morgan fingerprint density at radius 1 is 1.03 bits per heavy atom. The van der Waals surface area contributed by atoms with Crippen LogP contribution in [0.1, 0.15) is 22.9 Å². The quantitative estimate of drug-likeness (QED) is 0.145. The first-order valence-corrected chi connectivity index (χ1v) is 11.2. The molecule has 4 aromatic rings. The Bertz CT molecular complexity index is 1340. The molecule has 4 rings (SSSR count). The molecule has 7 N–H and O–H groups in total. The Balaban J connectivity index is 0.00000361. The van der Waals surface area contributed by atoms with Crippen LogP contribution in [0.2, 0.25) is 0 Å². The number of aromatic amines is 1. The van der Waals surface area contributed by atoms with E-state index in [1.807, 2.05) is 30.5 Å². The molecule has 1 atom stereocenters. The van der Waals surface area contributed by atoms with Crippen molar-refractivity contribution in [2.45, 2.75) is 12.5 Å². The first kappa shape index (κ1) is 26.2. The van der Waals surface area contributed by atoms with Gasteiger partial charge in [0, 0.05) is 41.1 Å². The van der Waals surface area contributed by atoms with E-state index in [-0.39, 0.29) is 30.7 Å². The van der Waals surface area contributed by atoms with Crippen molar-refractivity contribution in [1.29, 1.82) is 5.41 Å². The topological polar surface area (TPSA) is 149 Å². The summed E-state index contributed by atoms with van der Waals surface area (Å²) in [5.41, 5.74) is 9.40. The third-order valence-electron chi connectivity index (χ3n) is 5.54. The van der Waals surface area contributed by atoms with E-state index < -0.39 is 11.9 Å². The highest BCUT2D eigenvalue weighted by molar-refractivity contribution is 5.96. The predicted octanol–water partition coefficient (Wildman–Crippen LogP) is 2.90. The van der Waals surface area contributed by atoms with Crippen LogP contribution in [0, 0.1) is 5.41 Å². The number of benzene rings is 2. The molecule has 1 unspecified atom stereocenters. The highest BCUT2D eigenvalue weighted by Crippen LogP contribution is 2.20. The number of H-pyrrole nitrogens is 1. The molecule has 2 aromatic carbocycles. The van der Waals surface area contributed by atoms with Crippen molar-refractivity contribution in [3.8, 4) is 0 Å². The Labute approximate surface area is 214 Å². The summed E-state index contributed by atoms with van der Waals surface area (Å²) >= 11 is 0. The van der Waals surface area contributed by atoms with Gasteiger partial charge < -0.3 is 26.7 Å². The number of aromatic nitrogens is 2. The lowest BCUT2D eigenvalue weighted by Gasteiger charge is -2.19. The number of nitrogen functional groups attached to an aromatic ring is 1. The van der Waals surface area contributed by atoms with Crippen molar-refractivity contribution < 1.29 is 9.59 Å². The van der Waals surface area contributed by atoms with Gasteiger partial charge in [-0.15, -0.1) is 12.4 Å². The van der Waals surface area contributed by atoms with Crippen molar-refractivity contribution in [2.24, 2.45) is 5.73 Å². The molecule has 0 bridgehead atoms. The average molecular weight is 506 g/mol. The number of carbonyl (C=O) groups is 2. The number of amides is 2. The van der Waals surface area contributed by atoms with Gasteiger partial charge in [-0.1, -0.05) is 36.4 Å². The Hall–Kier alpha value is -4.37. The number of hydrogen-bond donors (Lipinski definition) is 6. The highest BCUT2D eigenvalue weighted by atomic mass is 35.5. The lowest BCUT2D eigenvalue weighted by molar-refractivity contribution is -0.126. The smallest absolute Gasteiger partial charge is 0.249 e. The largest absolute Gasteiger partial charge is 0.384 e. The van der Waals surface area contributed by atoms with Gasteiger partial charge in [-0.2, -0.15) is 0 Å². The fourth-order valence-corrected chi connectivity index (χ4v) is 3.77. The van der Waals surface area contributed by atoms with Gasteiger partial charge in [0.2, 0.25) is 11.8 Å². The van der Waals surface area contributed by atoms with Crippen LogP contribution in [0.3, 0.4) is 0 Å². The summed E-state index contributed by atoms with van der Waals surface area (Å²) in [7, 11) is 0. The van der Waals surface area contributed by atoms with Gasteiger partial charge in [0.25, 0.3) is 0 Å². The summed E-state index contributed by atoms with van der Waals surface area (Å²) in [6, 6.07) is 19.4. The molecule has 0 fully saturated rings. The molecule has 2 heterocycles. The van der Waals surface area contributed by atoms with Crippen LogP contribution in [-0.4, -0.2) is 40.7 Å². The number of para-hydroxylation sites is 1. The lowest BCUT2D eigenvalue weighted by atomic mass is 10.1. The monoisotopic (exact) mass is 505 g/mol. The third kappa shape index (κ3) is 6.61. The zero-order valence-electron chi connectivity index (χ0n) is 19.5. The van der Waals surface area contributed by atoms with Crippen molar-refractivity contribution in [3.05, 3.63) is 95.9 Å². The molecule has 0 aliphatic carbocycles. The number of halogens is 1. The molecule has 0 aliphatic rings. The number of nitrogens with one attached hydrogen (secondary N) is 5. The van der Waals surface area contributed by atoms with Gasteiger partial charge in [-0.3, -0.25) is 20.0 Å². The van der Waals surface area contributed by atoms with Gasteiger partial charge >= 0.3 is 0 Å². The van der Waals surface area contributed by atoms with E-state index >= 15 is 0 Å². The van der Waals surface area contributed by atoms with E-state index in [0.717, 1.165) is 16.5 Å². The molecular weight excluding hydrogens is 478 g/mol. The van der Waals surface area contributed by atoms with Crippen LogP contribution in [0.5, 0.6) is 0 Å². The van der Waals surface area contributed by atoms with Crippen LogP contribution in [-0.2, 0) is 16.0 Å². The number of carbonyl (C=O) groups excluding carboxylic acids is 2. The van der Waals surface area contributed by atoms with Crippen molar-refractivity contribution in [2.75, 3.05) is 18.4 Å². The maximum atomic E-state index is 13.0. The first-order chi connectivity index (χ1) is 17.0. The van der Waals surface area contributed by atoms with E-state index in [1.54, 1.807) is 48.7 Å². The molecule has 9 nitrogen and oxygen atoms in total. The molecule has 0 aliphatic heterocycles. The summed E-state index contributed by atoms with van der Waals surface area (Å²) in [5, 5.41) is 17.4. The Kier molecular flexibility index (Phi) is 9.01. The standard InChI is InChI=1S/C26H27N7O2.ClH/c27-25(28)17-6-5-7-19(14-17)33-24(22-10-3-4-12-29-22)26(35)32-16-23(34)30-13-11-18-15-31-21-9-2-1-8-20(18)21;/h1-10,12,14-15,24,31,33H,11,13,16H2,(H3,27,28)(H,30,34)(H,32,35);1H. The van der Waals surface area contributed by atoms with E-state index in [4.69, 9.17) is 11.1 Å². The van der Waals surface area contributed by atoms with Gasteiger partial charge in [0.05, 0.1) is 12.2 Å². The number of anilines is 1. The number of nitrogens with zero attached hydrogens (tertiary/aromatic N) is 1. The molecule has 186 valence electrons. The van der Waals surface area contributed by atoms with Gasteiger partial charge in [-0.25, -0.2) is 0 Å². The second-order valence-corrected chi connectivity index (χ2v) is 8.00. The second kappa shape index (κ2) is 12.4. The molecule has 0 saturated carbocycles. The van der Waals surface area contributed by atoms with E-state index in [9.17, 15) is 9.59 Å². The van der Waals surface area contributed by atoms with Crippen LogP contribution >= 0.6 is 12.4 Å². The van der Waals surface area contributed by atoms with E-state index in [1.165, 1.54) is 0 Å². The molecular formula is C26H28ClN7O2. The summed E-state index contributed by atoms with van der Waals surface area (Å²) in [4.78, 5) is 32.9. The van der Waals surface area contributed by atoms with Gasteiger partial charge in [-0.05, 0) is 42.3 Å². The van der Waals surface area contributed by atoms with Crippen LogP contribution in [0.15, 0.2) is 79.1 Å². The van der Waals surface area contributed by atoms with Gasteiger partial charge in [0.15, 0.2) is 0 Å². The maximum absolute atomic E-state index is 13.0. The Morgan fingerprint density at radius 2 is 1.83 bits per heavy atom. The molecule has 10 heteroatoms. The molecule has 2 amide bonds. The fraction of sp³-hybridized carbons (Fsp3) is 0.154. The second-order valence-electron chi connectivity index (χ2n) is 8.00. The normalized spacial score (nSPS) is 11.2. The summed E-state index contributed by atoms with van der Waals surface area (Å²) in [6.07, 6.45) is 4.22. The van der Waals surface area contributed by atoms with Crippen LogP contribution in [0.4, 0.5) is 5.69 Å². The number of fused-ring (bicyclic) bond motifs is 1. The average Bonchev–Trinajstić information content (AvgIpc) is 3.29. The van der Waals surface area contributed by atoms with Crippen molar-refractivity contribution in [1.82, 2.24) is 20.6 Å². The number of nitrogens with two attached hydrogens (primary N) is 1. The minimum Gasteiger partial charge on any atom is -0.384 e. The molecule has 2 aromatic heterocycles. The lowest BCUT2D eigenvalue weighted by Crippen LogP contribution is -2.41. The van der Waals surface area contributed by atoms with E-state index in [2.05, 4.69) is 25.9 Å².